The maximum Gasteiger partial charge on any atom is 0.243 e. The van der Waals surface area contributed by atoms with E-state index in [0.717, 1.165) is 52.2 Å². The minimum atomic E-state index is -3.41. The van der Waals surface area contributed by atoms with Crippen LogP contribution in [0.4, 0.5) is 5.69 Å². The summed E-state index contributed by atoms with van der Waals surface area (Å²) in [6.07, 6.45) is 1.85. The van der Waals surface area contributed by atoms with Crippen LogP contribution >= 0.6 is 12.2 Å². The molecule has 2 aliphatic heterocycles. The highest BCUT2D eigenvalue weighted by molar-refractivity contribution is 7.89. The van der Waals surface area contributed by atoms with Gasteiger partial charge in [-0.15, -0.1) is 0 Å². The van der Waals surface area contributed by atoms with Gasteiger partial charge in [0.25, 0.3) is 0 Å². The number of nitrogens with zero attached hydrogens (tertiary/aromatic N) is 1. The smallest absolute Gasteiger partial charge is 0.243 e. The van der Waals surface area contributed by atoms with Gasteiger partial charge in [-0.3, -0.25) is 0 Å². The van der Waals surface area contributed by atoms with E-state index >= 15 is 0 Å². The molecule has 2 fully saturated rings. The number of thiocarbonyl (C=S) groups is 1. The van der Waals surface area contributed by atoms with E-state index in [0.29, 0.717) is 28.8 Å². The van der Waals surface area contributed by atoms with Crippen LogP contribution in [0.15, 0.2) is 29.2 Å². The molecule has 0 aliphatic carbocycles. The lowest BCUT2D eigenvalue weighted by molar-refractivity contribution is -0.906. The van der Waals surface area contributed by atoms with Gasteiger partial charge in [0, 0.05) is 18.8 Å². The molecule has 0 atom stereocenters. The monoisotopic (exact) mass is 399 g/mol. The van der Waals surface area contributed by atoms with E-state index in [9.17, 15) is 8.42 Å². The Morgan fingerprint density at radius 2 is 1.96 bits per heavy atom. The molecule has 144 valence electrons. The average molecular weight is 400 g/mol. The Kier molecular flexibility index (Phi) is 6.82. The standard InChI is InChI=1S/C17H26N4O3S2/c22-26(23,21-7-1-2-8-21)16-5-3-4-15(14-16)19-17(25)18-6-9-20-10-12-24-13-11-20/h3-5,14H,1-2,6-13H2,(H2,18,19,25)/p+1. The Bertz CT molecular complexity index is 714. The molecule has 26 heavy (non-hydrogen) atoms. The van der Waals surface area contributed by atoms with Crippen LogP contribution in [-0.4, -0.2) is 70.3 Å². The number of rotatable bonds is 6. The van der Waals surface area contributed by atoms with Gasteiger partial charge in [-0.1, -0.05) is 6.07 Å². The van der Waals surface area contributed by atoms with Crippen LogP contribution in [-0.2, 0) is 14.8 Å². The number of nitrogens with one attached hydrogen (secondary N) is 3. The fraction of sp³-hybridized carbons (Fsp3) is 0.588. The summed E-state index contributed by atoms with van der Waals surface area (Å²) in [6.45, 7) is 6.64. The molecule has 0 amide bonds. The summed E-state index contributed by atoms with van der Waals surface area (Å²) in [7, 11) is -3.41. The van der Waals surface area contributed by atoms with Crippen molar-refractivity contribution in [1.82, 2.24) is 9.62 Å². The zero-order valence-corrected chi connectivity index (χ0v) is 16.5. The zero-order chi connectivity index (χ0) is 18.4. The molecule has 0 spiro atoms. The molecular weight excluding hydrogens is 372 g/mol. The minimum absolute atomic E-state index is 0.310. The Morgan fingerprint density at radius 1 is 1.23 bits per heavy atom. The molecule has 2 heterocycles. The van der Waals surface area contributed by atoms with E-state index in [4.69, 9.17) is 17.0 Å². The van der Waals surface area contributed by atoms with Crippen molar-refractivity contribution in [2.24, 2.45) is 0 Å². The van der Waals surface area contributed by atoms with Gasteiger partial charge in [0.2, 0.25) is 10.0 Å². The van der Waals surface area contributed by atoms with Crippen LogP contribution in [0.1, 0.15) is 12.8 Å². The van der Waals surface area contributed by atoms with Gasteiger partial charge in [-0.05, 0) is 43.3 Å². The van der Waals surface area contributed by atoms with Gasteiger partial charge in [-0.2, -0.15) is 4.31 Å². The van der Waals surface area contributed by atoms with Crippen molar-refractivity contribution < 1.29 is 18.1 Å². The largest absolute Gasteiger partial charge is 0.370 e. The summed E-state index contributed by atoms with van der Waals surface area (Å²) < 4.78 is 32.2. The second kappa shape index (κ2) is 9.09. The fourth-order valence-electron chi connectivity index (χ4n) is 3.25. The first kappa shape index (κ1) is 19.5. The van der Waals surface area contributed by atoms with Crippen LogP contribution in [0.5, 0.6) is 0 Å². The molecule has 0 radical (unpaired) electrons. The maximum atomic E-state index is 12.7. The molecule has 3 N–H and O–H groups in total. The molecule has 0 bridgehead atoms. The molecule has 1 aromatic carbocycles. The second-order valence-corrected chi connectivity index (χ2v) is 8.98. The van der Waals surface area contributed by atoms with Crippen molar-refractivity contribution in [3.8, 4) is 0 Å². The van der Waals surface area contributed by atoms with E-state index < -0.39 is 10.0 Å². The number of ether oxygens (including phenoxy) is 1. The maximum absolute atomic E-state index is 12.7. The first-order valence-electron chi connectivity index (χ1n) is 9.12. The van der Waals surface area contributed by atoms with E-state index in [1.807, 2.05) is 6.07 Å². The van der Waals surface area contributed by atoms with Gasteiger partial charge < -0.3 is 20.3 Å². The van der Waals surface area contributed by atoms with E-state index in [1.54, 1.807) is 22.5 Å². The van der Waals surface area contributed by atoms with E-state index in [-0.39, 0.29) is 0 Å². The second-order valence-electron chi connectivity index (χ2n) is 6.63. The quantitative estimate of drug-likeness (QED) is 0.569. The highest BCUT2D eigenvalue weighted by atomic mass is 32.2. The third-order valence-electron chi connectivity index (χ3n) is 4.76. The third kappa shape index (κ3) is 5.14. The summed E-state index contributed by atoms with van der Waals surface area (Å²) in [4.78, 5) is 1.82. The topological polar surface area (TPSA) is 75.1 Å². The fourth-order valence-corrected chi connectivity index (χ4v) is 5.03. The highest BCUT2D eigenvalue weighted by Gasteiger charge is 2.27. The van der Waals surface area contributed by atoms with Crippen LogP contribution in [0.25, 0.3) is 0 Å². The summed E-state index contributed by atoms with van der Waals surface area (Å²) in [5, 5.41) is 6.78. The SMILES string of the molecule is O=S(=O)(c1cccc(NC(=S)NCC[NH+]2CCOCC2)c1)N1CCCC1. The van der Waals surface area contributed by atoms with Crippen LogP contribution in [0, 0.1) is 0 Å². The predicted molar refractivity (Wildman–Crippen MR) is 105 cm³/mol. The molecule has 3 rings (SSSR count). The van der Waals surface area contributed by atoms with Crippen molar-refractivity contribution in [3.63, 3.8) is 0 Å². The van der Waals surface area contributed by atoms with Crippen molar-refractivity contribution >= 4 is 33.0 Å². The lowest BCUT2D eigenvalue weighted by Crippen LogP contribution is -3.14. The lowest BCUT2D eigenvalue weighted by Gasteiger charge is -2.24. The molecule has 1 aromatic rings. The average Bonchev–Trinajstić information content (AvgIpc) is 3.18. The third-order valence-corrected chi connectivity index (χ3v) is 6.90. The summed E-state index contributed by atoms with van der Waals surface area (Å²) in [6, 6.07) is 6.85. The van der Waals surface area contributed by atoms with Gasteiger partial charge >= 0.3 is 0 Å². The first-order chi connectivity index (χ1) is 12.6. The highest BCUT2D eigenvalue weighted by Crippen LogP contribution is 2.23. The molecule has 7 nitrogen and oxygen atoms in total. The number of anilines is 1. The number of hydrogen-bond acceptors (Lipinski definition) is 4. The molecule has 2 saturated heterocycles. The Labute approximate surface area is 160 Å². The van der Waals surface area contributed by atoms with Crippen LogP contribution in [0.2, 0.25) is 0 Å². The lowest BCUT2D eigenvalue weighted by atomic mass is 10.3. The summed E-state index contributed by atoms with van der Waals surface area (Å²) in [5.41, 5.74) is 0.682. The Balaban J connectivity index is 1.52. The number of hydrogen-bond donors (Lipinski definition) is 3. The number of morpholine rings is 1. The summed E-state index contributed by atoms with van der Waals surface area (Å²) >= 11 is 5.33. The van der Waals surface area contributed by atoms with Crippen molar-refractivity contribution in [2.75, 3.05) is 57.8 Å². The number of sulfonamides is 1. The van der Waals surface area contributed by atoms with Crippen LogP contribution < -0.4 is 15.5 Å². The molecule has 2 aliphatic rings. The van der Waals surface area contributed by atoms with Crippen molar-refractivity contribution in [1.29, 1.82) is 0 Å². The van der Waals surface area contributed by atoms with E-state index in [2.05, 4.69) is 10.6 Å². The Hall–Kier alpha value is -1.26. The molecule has 0 unspecified atom stereocenters. The number of benzene rings is 1. The van der Waals surface area contributed by atoms with E-state index in [1.165, 1.54) is 4.90 Å². The Morgan fingerprint density at radius 3 is 2.69 bits per heavy atom. The zero-order valence-electron chi connectivity index (χ0n) is 14.9. The summed E-state index contributed by atoms with van der Waals surface area (Å²) in [5.74, 6) is 0. The number of quaternary nitrogens is 1. The van der Waals surface area contributed by atoms with Crippen molar-refractivity contribution in [2.45, 2.75) is 17.7 Å². The van der Waals surface area contributed by atoms with Crippen LogP contribution in [0.3, 0.4) is 0 Å². The van der Waals surface area contributed by atoms with Gasteiger partial charge in [0.15, 0.2) is 5.11 Å². The molecule has 0 aromatic heterocycles. The first-order valence-corrected chi connectivity index (χ1v) is 11.0. The molecular formula is C17H27N4O3S2+. The van der Waals surface area contributed by atoms with Gasteiger partial charge in [-0.25, -0.2) is 8.42 Å². The van der Waals surface area contributed by atoms with Gasteiger partial charge in [0.1, 0.15) is 13.1 Å². The predicted octanol–water partition coefficient (Wildman–Crippen LogP) is -0.327. The molecule has 0 saturated carbocycles. The molecule has 9 heteroatoms. The van der Waals surface area contributed by atoms with Crippen molar-refractivity contribution in [3.05, 3.63) is 24.3 Å². The van der Waals surface area contributed by atoms with Gasteiger partial charge in [0.05, 0.1) is 31.2 Å². The normalized spacial score (nSPS) is 19.4. The minimum Gasteiger partial charge on any atom is -0.370 e.